The highest BCUT2D eigenvalue weighted by Gasteiger charge is 2.22. The van der Waals surface area contributed by atoms with Crippen molar-refractivity contribution < 1.29 is 9.53 Å². The number of nitrogen functional groups attached to an aromatic ring is 1. The number of rotatable bonds is 6. The number of imidazole rings is 1. The van der Waals surface area contributed by atoms with E-state index in [2.05, 4.69) is 46.4 Å². The molecule has 1 aliphatic rings. The largest absolute Gasteiger partial charge is 0.382 e. The zero-order valence-corrected chi connectivity index (χ0v) is 21.0. The van der Waals surface area contributed by atoms with Crippen LogP contribution in [0.5, 0.6) is 0 Å². The Kier molecular flexibility index (Phi) is 8.02. The molecule has 4 aromatic rings. The van der Waals surface area contributed by atoms with Crippen LogP contribution in [0.4, 0.5) is 5.82 Å². The van der Waals surface area contributed by atoms with Gasteiger partial charge in [0.25, 0.3) is 0 Å². The molecule has 8 nitrogen and oxygen atoms in total. The van der Waals surface area contributed by atoms with Crippen molar-refractivity contribution in [2.75, 3.05) is 32.0 Å². The Morgan fingerprint density at radius 2 is 1.89 bits per heavy atom. The molecule has 1 amide bonds. The molecule has 0 spiro atoms. The predicted octanol–water partition coefficient (Wildman–Crippen LogP) is 5.01. The van der Waals surface area contributed by atoms with Gasteiger partial charge in [0.1, 0.15) is 22.9 Å². The average Bonchev–Trinajstić information content (AvgIpc) is 3.47. The number of amides is 1. The summed E-state index contributed by atoms with van der Waals surface area (Å²) in [6, 6.07) is 10.4. The number of para-hydroxylation sites is 1. The van der Waals surface area contributed by atoms with Gasteiger partial charge < -0.3 is 20.4 Å². The average molecular weight is 477 g/mol. The highest BCUT2D eigenvalue weighted by molar-refractivity contribution is 5.91. The van der Waals surface area contributed by atoms with Crippen LogP contribution in [0.25, 0.3) is 27.8 Å². The highest BCUT2D eigenvalue weighted by atomic mass is 16.5. The van der Waals surface area contributed by atoms with Gasteiger partial charge in [0.15, 0.2) is 0 Å². The Morgan fingerprint density at radius 1 is 1.17 bits per heavy atom. The van der Waals surface area contributed by atoms with Gasteiger partial charge in [-0.15, -0.1) is 0 Å². The summed E-state index contributed by atoms with van der Waals surface area (Å²) in [5.74, 6) is 2.19. The van der Waals surface area contributed by atoms with E-state index in [9.17, 15) is 4.79 Å². The summed E-state index contributed by atoms with van der Waals surface area (Å²) in [5.41, 5.74) is 10.1. The van der Waals surface area contributed by atoms with Crippen LogP contribution in [-0.4, -0.2) is 56.5 Å². The molecule has 0 bridgehead atoms. The molecule has 8 heteroatoms. The second kappa shape index (κ2) is 11.4. The van der Waals surface area contributed by atoms with Gasteiger partial charge in [0.05, 0.1) is 18.9 Å². The molecule has 1 fully saturated rings. The van der Waals surface area contributed by atoms with Crippen molar-refractivity contribution in [3.05, 3.63) is 48.5 Å². The number of anilines is 1. The standard InChI is InChI=1S/C21H25N5.C6H11NO2/c1-3-7-14(8-4-2)21-25-18(19-20(22)23-11-12-26(19)21)17-13-15-9-5-6-10-16(15)24-17;1-6(8)7-2-4-9-5-3-7/h5-6,9-14,24H,3-4,7-8H2,1-2H3,(H2,22,23);2-5H2,1H3. The summed E-state index contributed by atoms with van der Waals surface area (Å²) in [6.07, 6.45) is 8.28. The molecule has 3 N–H and O–H groups in total. The number of aromatic amines is 1. The molecule has 0 saturated carbocycles. The SMILES string of the molecule is CC(=O)N1CCOCC1.CCCC(CCC)c1nc(-c2cc3ccccc3[nH]2)c2c(N)nccn12. The first-order valence-corrected chi connectivity index (χ1v) is 12.6. The molecule has 3 aromatic heterocycles. The van der Waals surface area contributed by atoms with E-state index in [4.69, 9.17) is 15.5 Å². The fourth-order valence-electron chi connectivity index (χ4n) is 4.74. The van der Waals surface area contributed by atoms with Crippen LogP contribution in [-0.2, 0) is 9.53 Å². The van der Waals surface area contributed by atoms with Gasteiger partial charge in [-0.05, 0) is 25.0 Å². The van der Waals surface area contributed by atoms with E-state index in [-0.39, 0.29) is 5.91 Å². The molecule has 35 heavy (non-hydrogen) atoms. The van der Waals surface area contributed by atoms with Crippen molar-refractivity contribution in [2.45, 2.75) is 52.4 Å². The normalized spacial score (nSPS) is 13.9. The lowest BCUT2D eigenvalue weighted by Crippen LogP contribution is -2.39. The molecule has 0 unspecified atom stereocenters. The zero-order chi connectivity index (χ0) is 24.8. The third-order valence-corrected chi connectivity index (χ3v) is 6.49. The summed E-state index contributed by atoms with van der Waals surface area (Å²) >= 11 is 0. The van der Waals surface area contributed by atoms with Gasteiger partial charge in [-0.25, -0.2) is 9.97 Å². The Morgan fingerprint density at radius 3 is 2.51 bits per heavy atom. The molecule has 0 radical (unpaired) electrons. The summed E-state index contributed by atoms with van der Waals surface area (Å²) in [4.78, 5) is 25.3. The van der Waals surface area contributed by atoms with E-state index in [1.54, 1.807) is 18.0 Å². The molecule has 4 heterocycles. The number of hydrogen-bond donors (Lipinski definition) is 2. The maximum absolute atomic E-state index is 10.7. The second-order valence-corrected chi connectivity index (χ2v) is 9.01. The molecular weight excluding hydrogens is 440 g/mol. The quantitative estimate of drug-likeness (QED) is 0.407. The number of carbonyl (C=O) groups is 1. The van der Waals surface area contributed by atoms with Gasteiger partial charge in [-0.3, -0.25) is 9.20 Å². The van der Waals surface area contributed by atoms with Crippen LogP contribution in [0, 0.1) is 0 Å². The van der Waals surface area contributed by atoms with Crippen molar-refractivity contribution >= 4 is 28.1 Å². The fraction of sp³-hybridized carbons (Fsp3) is 0.444. The Balaban J connectivity index is 0.000000271. The monoisotopic (exact) mass is 476 g/mol. The lowest BCUT2D eigenvalue weighted by atomic mass is 9.97. The van der Waals surface area contributed by atoms with Crippen LogP contribution in [0.3, 0.4) is 0 Å². The van der Waals surface area contributed by atoms with E-state index < -0.39 is 0 Å². The zero-order valence-electron chi connectivity index (χ0n) is 21.0. The number of aromatic nitrogens is 4. The number of carbonyl (C=O) groups excluding carboxylic acids is 1. The molecular formula is C27H36N6O2. The lowest BCUT2D eigenvalue weighted by Gasteiger charge is -2.25. The predicted molar refractivity (Wildman–Crippen MR) is 140 cm³/mol. The minimum absolute atomic E-state index is 0.151. The first-order valence-electron chi connectivity index (χ1n) is 12.6. The highest BCUT2D eigenvalue weighted by Crippen LogP contribution is 2.34. The van der Waals surface area contributed by atoms with Gasteiger partial charge >= 0.3 is 0 Å². The van der Waals surface area contributed by atoms with Crippen molar-refractivity contribution in [1.82, 2.24) is 24.3 Å². The maximum atomic E-state index is 10.7. The number of H-pyrrole nitrogens is 1. The van der Waals surface area contributed by atoms with Crippen molar-refractivity contribution in [3.63, 3.8) is 0 Å². The molecule has 0 atom stereocenters. The summed E-state index contributed by atoms with van der Waals surface area (Å²) in [5, 5.41) is 1.17. The van der Waals surface area contributed by atoms with E-state index in [0.29, 0.717) is 24.9 Å². The van der Waals surface area contributed by atoms with Gasteiger partial charge in [-0.1, -0.05) is 44.9 Å². The third-order valence-electron chi connectivity index (χ3n) is 6.49. The Hall–Kier alpha value is -3.39. The molecule has 1 aromatic carbocycles. The first-order chi connectivity index (χ1) is 17.0. The third kappa shape index (κ3) is 5.48. The van der Waals surface area contributed by atoms with Crippen molar-refractivity contribution in [3.8, 4) is 11.4 Å². The lowest BCUT2D eigenvalue weighted by molar-refractivity contribution is -0.132. The minimum Gasteiger partial charge on any atom is -0.382 e. The molecule has 186 valence electrons. The number of nitrogens with zero attached hydrogens (tertiary/aromatic N) is 4. The topological polar surface area (TPSA) is 102 Å². The Labute approximate surface area is 206 Å². The van der Waals surface area contributed by atoms with Crippen molar-refractivity contribution in [1.29, 1.82) is 0 Å². The van der Waals surface area contributed by atoms with E-state index in [1.165, 1.54) is 5.39 Å². The van der Waals surface area contributed by atoms with Gasteiger partial charge in [0, 0.05) is 49.2 Å². The van der Waals surface area contributed by atoms with Crippen LogP contribution < -0.4 is 5.73 Å². The number of ether oxygens (including phenoxy) is 1. The first kappa shape index (κ1) is 24.7. The number of fused-ring (bicyclic) bond motifs is 2. The minimum atomic E-state index is 0.151. The number of benzene rings is 1. The van der Waals surface area contributed by atoms with Gasteiger partial charge in [0.2, 0.25) is 5.91 Å². The number of hydrogen-bond acceptors (Lipinski definition) is 5. The molecule has 5 rings (SSSR count). The molecule has 1 saturated heterocycles. The number of nitrogens with one attached hydrogen (secondary N) is 1. The van der Waals surface area contributed by atoms with Crippen molar-refractivity contribution in [2.24, 2.45) is 0 Å². The molecule has 1 aliphatic heterocycles. The van der Waals surface area contributed by atoms with Gasteiger partial charge in [-0.2, -0.15) is 0 Å². The summed E-state index contributed by atoms with van der Waals surface area (Å²) < 4.78 is 7.19. The van der Waals surface area contributed by atoms with E-state index >= 15 is 0 Å². The van der Waals surface area contributed by atoms with Crippen LogP contribution in [0.2, 0.25) is 0 Å². The smallest absolute Gasteiger partial charge is 0.219 e. The summed E-state index contributed by atoms with van der Waals surface area (Å²) in [7, 11) is 0. The second-order valence-electron chi connectivity index (χ2n) is 9.01. The Bertz CT molecular complexity index is 1230. The van der Waals surface area contributed by atoms with Crippen LogP contribution >= 0.6 is 0 Å². The van der Waals surface area contributed by atoms with E-state index in [1.807, 2.05) is 18.3 Å². The molecule has 0 aliphatic carbocycles. The summed E-state index contributed by atoms with van der Waals surface area (Å²) in [6.45, 7) is 8.95. The maximum Gasteiger partial charge on any atom is 0.219 e. The number of morpholine rings is 1. The number of nitrogens with two attached hydrogens (primary N) is 1. The van der Waals surface area contributed by atoms with E-state index in [0.717, 1.165) is 67.0 Å². The fourth-order valence-corrected chi connectivity index (χ4v) is 4.74. The van der Waals surface area contributed by atoms with Crippen LogP contribution in [0.1, 0.15) is 58.2 Å². The van der Waals surface area contributed by atoms with Crippen LogP contribution in [0.15, 0.2) is 42.7 Å².